The Balaban J connectivity index is 1.77. The lowest BCUT2D eigenvalue weighted by atomic mass is 9.94. The van der Waals surface area contributed by atoms with Crippen LogP contribution in [0.2, 0.25) is 0 Å². The summed E-state index contributed by atoms with van der Waals surface area (Å²) in [6.07, 6.45) is 2.73. The first kappa shape index (κ1) is 14.0. The van der Waals surface area contributed by atoms with Crippen molar-refractivity contribution in [3.8, 4) is 0 Å². The Morgan fingerprint density at radius 2 is 2.10 bits per heavy atom. The molecule has 0 bridgehead atoms. The largest absolute Gasteiger partial charge is 0.311 e. The Hall–Kier alpha value is -0.930. The number of benzene rings is 1. The summed E-state index contributed by atoms with van der Waals surface area (Å²) in [7, 11) is 0. The third-order valence-electron chi connectivity index (χ3n) is 4.93. The number of nitrogens with zero attached hydrogens (tertiary/aromatic N) is 1. The highest BCUT2D eigenvalue weighted by molar-refractivity contribution is 5.27. The molecule has 2 nitrogen and oxygen atoms in total. The molecular formula is C17H25FN2. The van der Waals surface area contributed by atoms with E-state index in [1.807, 2.05) is 6.07 Å². The molecule has 0 spiro atoms. The molecule has 1 aromatic carbocycles. The zero-order valence-electron chi connectivity index (χ0n) is 12.7. The zero-order valence-corrected chi connectivity index (χ0v) is 12.7. The maximum atomic E-state index is 13.5. The summed E-state index contributed by atoms with van der Waals surface area (Å²) in [5.41, 5.74) is 2.43. The molecule has 2 fully saturated rings. The average molecular weight is 276 g/mol. The number of nitrogens with one attached hydrogen (secondary N) is 1. The van der Waals surface area contributed by atoms with E-state index in [9.17, 15) is 4.39 Å². The first-order chi connectivity index (χ1) is 9.45. The van der Waals surface area contributed by atoms with E-state index < -0.39 is 0 Å². The van der Waals surface area contributed by atoms with Crippen LogP contribution in [0.5, 0.6) is 0 Å². The van der Waals surface area contributed by atoms with Crippen molar-refractivity contribution in [1.29, 1.82) is 0 Å². The van der Waals surface area contributed by atoms with Crippen molar-refractivity contribution in [3.05, 3.63) is 35.1 Å². The van der Waals surface area contributed by atoms with Crippen LogP contribution in [0.15, 0.2) is 18.2 Å². The van der Waals surface area contributed by atoms with Gasteiger partial charge in [-0.25, -0.2) is 4.39 Å². The van der Waals surface area contributed by atoms with Crippen LogP contribution < -0.4 is 5.32 Å². The molecular weight excluding hydrogens is 251 g/mol. The molecule has 2 aliphatic rings. The number of piperazine rings is 1. The van der Waals surface area contributed by atoms with Crippen LogP contribution in [-0.2, 0) is 6.54 Å². The molecule has 1 saturated heterocycles. The fraction of sp³-hybridized carbons (Fsp3) is 0.647. The normalized spacial score (nSPS) is 26.7. The van der Waals surface area contributed by atoms with Crippen molar-refractivity contribution in [2.24, 2.45) is 5.92 Å². The van der Waals surface area contributed by atoms with Crippen LogP contribution in [-0.4, -0.2) is 29.6 Å². The van der Waals surface area contributed by atoms with Crippen molar-refractivity contribution >= 4 is 0 Å². The van der Waals surface area contributed by atoms with E-state index in [0.29, 0.717) is 6.04 Å². The van der Waals surface area contributed by atoms with E-state index in [2.05, 4.69) is 31.0 Å². The third-order valence-corrected chi connectivity index (χ3v) is 4.93. The Labute approximate surface area is 121 Å². The molecule has 1 N–H and O–H groups in total. The van der Waals surface area contributed by atoms with Crippen LogP contribution in [0.25, 0.3) is 0 Å². The number of aryl methyl sites for hydroxylation is 1. The first-order valence-electron chi connectivity index (χ1n) is 7.69. The van der Waals surface area contributed by atoms with Crippen LogP contribution >= 0.6 is 0 Å². The molecule has 1 aliphatic heterocycles. The predicted octanol–water partition coefficient (Wildman–Crippen LogP) is 3.10. The number of hydrogen-bond acceptors (Lipinski definition) is 2. The zero-order chi connectivity index (χ0) is 14.3. The van der Waals surface area contributed by atoms with Gasteiger partial charge in [0.05, 0.1) is 0 Å². The summed E-state index contributed by atoms with van der Waals surface area (Å²) in [5.74, 6) is 0.736. The molecule has 1 aliphatic carbocycles. The average Bonchev–Trinajstić information content (AvgIpc) is 3.20. The predicted molar refractivity (Wildman–Crippen MR) is 80.1 cm³/mol. The van der Waals surface area contributed by atoms with Crippen LogP contribution in [0.1, 0.15) is 37.8 Å². The van der Waals surface area contributed by atoms with E-state index in [1.165, 1.54) is 18.4 Å². The van der Waals surface area contributed by atoms with Gasteiger partial charge in [0.2, 0.25) is 0 Å². The lowest BCUT2D eigenvalue weighted by Gasteiger charge is -2.46. The number of halogens is 1. The fourth-order valence-corrected chi connectivity index (χ4v) is 3.15. The molecule has 1 unspecified atom stereocenters. The highest BCUT2D eigenvalue weighted by atomic mass is 19.1. The quantitative estimate of drug-likeness (QED) is 0.912. The molecule has 3 heteroatoms. The van der Waals surface area contributed by atoms with Gasteiger partial charge in [-0.2, -0.15) is 0 Å². The second-order valence-electron chi connectivity index (χ2n) is 7.09. The van der Waals surface area contributed by atoms with E-state index in [-0.39, 0.29) is 11.4 Å². The van der Waals surface area contributed by atoms with Crippen molar-refractivity contribution in [2.75, 3.05) is 13.1 Å². The van der Waals surface area contributed by atoms with Crippen molar-refractivity contribution in [2.45, 2.75) is 51.7 Å². The summed E-state index contributed by atoms with van der Waals surface area (Å²) >= 11 is 0. The van der Waals surface area contributed by atoms with Crippen molar-refractivity contribution in [1.82, 2.24) is 10.2 Å². The summed E-state index contributed by atoms with van der Waals surface area (Å²) < 4.78 is 13.5. The van der Waals surface area contributed by atoms with Gasteiger partial charge in [-0.1, -0.05) is 6.07 Å². The number of hydrogen-bond donors (Lipinski definition) is 1. The maximum Gasteiger partial charge on any atom is 0.123 e. The monoisotopic (exact) mass is 276 g/mol. The van der Waals surface area contributed by atoms with Gasteiger partial charge in [-0.3, -0.25) is 4.90 Å². The lowest BCUT2D eigenvalue weighted by Crippen LogP contribution is -2.62. The van der Waals surface area contributed by atoms with Gasteiger partial charge in [0, 0.05) is 31.2 Å². The Morgan fingerprint density at radius 3 is 2.80 bits per heavy atom. The van der Waals surface area contributed by atoms with Crippen molar-refractivity contribution in [3.63, 3.8) is 0 Å². The van der Waals surface area contributed by atoms with E-state index in [0.717, 1.165) is 31.1 Å². The standard InChI is InChI=1S/C17H25FN2/c1-12-4-7-15(18)8-14(12)9-20-10-16(13-5-6-13)19-11-17(20,2)3/h4,7-8,13,16,19H,5-6,9-11H2,1-3H3. The minimum absolute atomic E-state index is 0.128. The first-order valence-corrected chi connectivity index (χ1v) is 7.69. The molecule has 0 aromatic heterocycles. The summed E-state index contributed by atoms with van der Waals surface area (Å²) in [6, 6.07) is 5.75. The SMILES string of the molecule is Cc1ccc(F)cc1CN1CC(C2CC2)NCC1(C)C. The second-order valence-corrected chi connectivity index (χ2v) is 7.09. The Kier molecular flexibility index (Phi) is 3.59. The highest BCUT2D eigenvalue weighted by Gasteiger charge is 2.40. The molecule has 20 heavy (non-hydrogen) atoms. The minimum atomic E-state index is -0.128. The molecule has 110 valence electrons. The molecule has 3 rings (SSSR count). The van der Waals surface area contributed by atoms with Gasteiger partial charge in [-0.05, 0) is 62.8 Å². The summed E-state index contributed by atoms with van der Waals surface area (Å²) in [6.45, 7) is 9.56. The van der Waals surface area contributed by atoms with Gasteiger partial charge in [0.25, 0.3) is 0 Å². The van der Waals surface area contributed by atoms with Crippen LogP contribution in [0.3, 0.4) is 0 Å². The maximum absolute atomic E-state index is 13.5. The van der Waals surface area contributed by atoms with E-state index in [4.69, 9.17) is 0 Å². The van der Waals surface area contributed by atoms with Gasteiger partial charge in [0.15, 0.2) is 0 Å². The summed E-state index contributed by atoms with van der Waals surface area (Å²) in [4.78, 5) is 2.52. The smallest absolute Gasteiger partial charge is 0.123 e. The van der Waals surface area contributed by atoms with Crippen LogP contribution in [0.4, 0.5) is 4.39 Å². The summed E-state index contributed by atoms with van der Waals surface area (Å²) in [5, 5.41) is 3.70. The molecule has 0 amide bonds. The molecule has 1 heterocycles. The fourth-order valence-electron chi connectivity index (χ4n) is 3.15. The van der Waals surface area contributed by atoms with E-state index >= 15 is 0 Å². The number of rotatable bonds is 3. The lowest BCUT2D eigenvalue weighted by molar-refractivity contribution is 0.0531. The third kappa shape index (κ3) is 2.89. The molecule has 1 atom stereocenters. The topological polar surface area (TPSA) is 15.3 Å². The highest BCUT2D eigenvalue weighted by Crippen LogP contribution is 2.36. The van der Waals surface area contributed by atoms with Crippen molar-refractivity contribution < 1.29 is 4.39 Å². The molecule has 1 aromatic rings. The minimum Gasteiger partial charge on any atom is -0.311 e. The Morgan fingerprint density at radius 1 is 1.35 bits per heavy atom. The van der Waals surface area contributed by atoms with Crippen LogP contribution in [0, 0.1) is 18.7 Å². The molecule has 0 radical (unpaired) electrons. The Bertz CT molecular complexity index is 494. The van der Waals surface area contributed by atoms with E-state index in [1.54, 1.807) is 12.1 Å². The van der Waals surface area contributed by atoms with Gasteiger partial charge in [-0.15, -0.1) is 0 Å². The van der Waals surface area contributed by atoms with Gasteiger partial charge in [0.1, 0.15) is 5.82 Å². The second kappa shape index (κ2) is 5.12. The van der Waals surface area contributed by atoms with Gasteiger partial charge < -0.3 is 5.32 Å². The van der Waals surface area contributed by atoms with Gasteiger partial charge >= 0.3 is 0 Å². The molecule has 1 saturated carbocycles.